The van der Waals surface area contributed by atoms with Crippen molar-refractivity contribution in [1.82, 2.24) is 4.98 Å². The molecule has 0 unspecified atom stereocenters. The predicted octanol–water partition coefficient (Wildman–Crippen LogP) is 0.885. The van der Waals surface area contributed by atoms with Crippen molar-refractivity contribution in [2.75, 3.05) is 5.32 Å². The van der Waals surface area contributed by atoms with Crippen LogP contribution < -0.4 is 5.32 Å². The van der Waals surface area contributed by atoms with Gasteiger partial charge in [-0.1, -0.05) is 0 Å². The van der Waals surface area contributed by atoms with Crippen LogP contribution in [0.15, 0.2) is 12.3 Å². The van der Waals surface area contributed by atoms with Crippen LogP contribution in [-0.4, -0.2) is 10.9 Å². The molecule has 0 radical (unpaired) electrons. The van der Waals surface area contributed by atoms with Gasteiger partial charge in [0, 0.05) is 23.1 Å². The summed E-state index contributed by atoms with van der Waals surface area (Å²) in [5, 5.41) is 2.76. The summed E-state index contributed by atoms with van der Waals surface area (Å²) in [5.41, 5.74) is 2.90. The number of nitrogens with one attached hydrogen (secondary N) is 1. The maximum atomic E-state index is 10.9. The van der Waals surface area contributed by atoms with E-state index in [4.69, 9.17) is 0 Å². The molecule has 1 aromatic rings. The third-order valence-electron chi connectivity index (χ3n) is 1.88. The van der Waals surface area contributed by atoms with E-state index < -0.39 is 0 Å². The van der Waals surface area contributed by atoms with E-state index in [0.29, 0.717) is 6.42 Å². The third-order valence-corrected chi connectivity index (χ3v) is 1.88. The van der Waals surface area contributed by atoms with E-state index in [1.165, 1.54) is 0 Å². The molecule has 3 heteroatoms. The second kappa shape index (κ2) is 2.05. The summed E-state index contributed by atoms with van der Waals surface area (Å²) in [6, 6.07) is 1.83. The first-order valence-corrected chi connectivity index (χ1v) is 3.52. The number of hydrogen-bond donors (Lipinski definition) is 1. The standard InChI is InChI=1S/C8H8N2O/c1-5-6-4-8(11)10-7(6)2-3-9-5/h2-3H,4H2,1H3,(H,10,11). The first-order valence-electron chi connectivity index (χ1n) is 3.52. The zero-order valence-electron chi connectivity index (χ0n) is 6.22. The van der Waals surface area contributed by atoms with Crippen molar-refractivity contribution in [3.63, 3.8) is 0 Å². The highest BCUT2D eigenvalue weighted by Gasteiger charge is 2.18. The number of anilines is 1. The molecule has 1 N–H and O–H groups in total. The van der Waals surface area contributed by atoms with Crippen molar-refractivity contribution < 1.29 is 4.79 Å². The van der Waals surface area contributed by atoms with Crippen LogP contribution in [0, 0.1) is 6.92 Å². The van der Waals surface area contributed by atoms with Gasteiger partial charge in [0.2, 0.25) is 5.91 Å². The minimum atomic E-state index is 0.0658. The molecule has 0 saturated carbocycles. The third kappa shape index (κ3) is 0.888. The van der Waals surface area contributed by atoms with Crippen LogP contribution in [0.1, 0.15) is 11.3 Å². The summed E-state index contributed by atoms with van der Waals surface area (Å²) in [6.07, 6.45) is 2.19. The lowest BCUT2D eigenvalue weighted by Crippen LogP contribution is -2.03. The minimum absolute atomic E-state index is 0.0658. The van der Waals surface area contributed by atoms with Gasteiger partial charge in [-0.25, -0.2) is 0 Å². The number of aryl methyl sites for hydroxylation is 1. The van der Waals surface area contributed by atoms with Crippen molar-refractivity contribution >= 4 is 11.6 Å². The average Bonchev–Trinajstić information content (AvgIpc) is 2.31. The van der Waals surface area contributed by atoms with Crippen LogP contribution in [-0.2, 0) is 11.2 Å². The number of rotatable bonds is 0. The van der Waals surface area contributed by atoms with Gasteiger partial charge in [0.15, 0.2) is 0 Å². The Labute approximate surface area is 64.5 Å². The van der Waals surface area contributed by atoms with Gasteiger partial charge in [-0.05, 0) is 13.0 Å². The van der Waals surface area contributed by atoms with Gasteiger partial charge in [0.25, 0.3) is 0 Å². The fraction of sp³-hybridized carbons (Fsp3) is 0.250. The largest absolute Gasteiger partial charge is 0.325 e. The Morgan fingerprint density at radius 3 is 3.18 bits per heavy atom. The monoisotopic (exact) mass is 148 g/mol. The molecule has 2 rings (SSSR count). The Morgan fingerprint density at radius 2 is 2.45 bits per heavy atom. The summed E-state index contributed by atoms with van der Waals surface area (Å²) >= 11 is 0. The SMILES string of the molecule is Cc1nccc2c1CC(=O)N2. The molecule has 56 valence electrons. The first-order chi connectivity index (χ1) is 5.27. The minimum Gasteiger partial charge on any atom is -0.325 e. The summed E-state index contributed by atoms with van der Waals surface area (Å²) in [7, 11) is 0. The Bertz CT molecular complexity index is 320. The van der Waals surface area contributed by atoms with Gasteiger partial charge in [-0.2, -0.15) is 0 Å². The quantitative estimate of drug-likeness (QED) is 0.593. The topological polar surface area (TPSA) is 42.0 Å². The van der Waals surface area contributed by atoms with Gasteiger partial charge in [0.05, 0.1) is 6.42 Å². The van der Waals surface area contributed by atoms with Gasteiger partial charge >= 0.3 is 0 Å². The summed E-state index contributed by atoms with van der Waals surface area (Å²) in [5.74, 6) is 0.0658. The maximum Gasteiger partial charge on any atom is 0.228 e. The van der Waals surface area contributed by atoms with Crippen LogP contribution >= 0.6 is 0 Å². The van der Waals surface area contributed by atoms with Gasteiger partial charge in [0.1, 0.15) is 0 Å². The maximum absolute atomic E-state index is 10.9. The number of carbonyl (C=O) groups excluding carboxylic acids is 1. The lowest BCUT2D eigenvalue weighted by atomic mass is 10.1. The highest BCUT2D eigenvalue weighted by molar-refractivity contribution is 5.99. The van der Waals surface area contributed by atoms with E-state index in [1.54, 1.807) is 6.20 Å². The fourth-order valence-corrected chi connectivity index (χ4v) is 1.29. The second-order valence-corrected chi connectivity index (χ2v) is 2.65. The molecule has 0 aliphatic carbocycles. The highest BCUT2D eigenvalue weighted by Crippen LogP contribution is 2.23. The number of aromatic nitrogens is 1. The zero-order valence-corrected chi connectivity index (χ0v) is 6.22. The molecule has 1 aliphatic rings. The van der Waals surface area contributed by atoms with E-state index in [1.807, 2.05) is 13.0 Å². The van der Waals surface area contributed by atoms with E-state index in [0.717, 1.165) is 16.9 Å². The fourth-order valence-electron chi connectivity index (χ4n) is 1.29. The second-order valence-electron chi connectivity index (χ2n) is 2.65. The number of pyridine rings is 1. The number of carbonyl (C=O) groups is 1. The summed E-state index contributed by atoms with van der Waals surface area (Å²) < 4.78 is 0. The number of fused-ring (bicyclic) bond motifs is 1. The highest BCUT2D eigenvalue weighted by atomic mass is 16.1. The average molecular weight is 148 g/mol. The molecule has 0 spiro atoms. The van der Waals surface area contributed by atoms with Gasteiger partial charge in [-0.15, -0.1) is 0 Å². The summed E-state index contributed by atoms with van der Waals surface area (Å²) in [4.78, 5) is 15.0. The molecule has 0 fully saturated rings. The molecule has 1 aromatic heterocycles. The molecule has 11 heavy (non-hydrogen) atoms. The predicted molar refractivity (Wildman–Crippen MR) is 41.3 cm³/mol. The molecule has 1 amide bonds. The van der Waals surface area contributed by atoms with Crippen LogP contribution in [0.25, 0.3) is 0 Å². The van der Waals surface area contributed by atoms with Crippen molar-refractivity contribution in [2.24, 2.45) is 0 Å². The van der Waals surface area contributed by atoms with Crippen molar-refractivity contribution in [2.45, 2.75) is 13.3 Å². The number of hydrogen-bond acceptors (Lipinski definition) is 2. The Hall–Kier alpha value is -1.38. The van der Waals surface area contributed by atoms with Crippen molar-refractivity contribution in [3.05, 3.63) is 23.5 Å². The Kier molecular flexibility index (Phi) is 1.18. The van der Waals surface area contributed by atoms with Crippen LogP contribution in [0.2, 0.25) is 0 Å². The molecular weight excluding hydrogens is 140 g/mol. The molecule has 3 nitrogen and oxygen atoms in total. The molecule has 0 aromatic carbocycles. The summed E-state index contributed by atoms with van der Waals surface area (Å²) in [6.45, 7) is 1.92. The Balaban J connectivity index is 2.57. The Morgan fingerprint density at radius 1 is 1.64 bits per heavy atom. The lowest BCUT2D eigenvalue weighted by Gasteiger charge is -1.98. The molecule has 0 atom stereocenters. The lowest BCUT2D eigenvalue weighted by molar-refractivity contribution is -0.115. The molecular formula is C8H8N2O. The number of amides is 1. The van der Waals surface area contributed by atoms with Gasteiger partial charge in [-0.3, -0.25) is 9.78 Å². The van der Waals surface area contributed by atoms with E-state index in [-0.39, 0.29) is 5.91 Å². The van der Waals surface area contributed by atoms with Crippen molar-refractivity contribution in [3.8, 4) is 0 Å². The van der Waals surface area contributed by atoms with Crippen LogP contribution in [0.4, 0.5) is 5.69 Å². The number of nitrogens with zero attached hydrogens (tertiary/aromatic N) is 1. The molecule has 1 aliphatic heterocycles. The first kappa shape index (κ1) is 6.34. The van der Waals surface area contributed by atoms with E-state index in [9.17, 15) is 4.79 Å². The smallest absolute Gasteiger partial charge is 0.228 e. The normalized spacial score (nSPS) is 14.5. The van der Waals surface area contributed by atoms with Crippen molar-refractivity contribution in [1.29, 1.82) is 0 Å². The zero-order chi connectivity index (χ0) is 7.84. The van der Waals surface area contributed by atoms with Crippen LogP contribution in [0.5, 0.6) is 0 Å². The van der Waals surface area contributed by atoms with Crippen LogP contribution in [0.3, 0.4) is 0 Å². The molecule has 2 heterocycles. The molecule has 0 bridgehead atoms. The van der Waals surface area contributed by atoms with Gasteiger partial charge < -0.3 is 5.32 Å². The van der Waals surface area contributed by atoms with E-state index in [2.05, 4.69) is 10.3 Å². The molecule has 0 saturated heterocycles. The van der Waals surface area contributed by atoms with E-state index >= 15 is 0 Å².